The molecule has 0 bridgehead atoms. The summed E-state index contributed by atoms with van der Waals surface area (Å²) in [4.78, 5) is 0. The molecule has 1 rings (SSSR count). The van der Waals surface area contributed by atoms with E-state index in [9.17, 15) is 0 Å². The van der Waals surface area contributed by atoms with E-state index >= 15 is 0 Å². The fraction of sp³-hybridized carbons (Fsp3) is 0.700. The first-order valence-electron chi connectivity index (χ1n) is 8.94. The lowest BCUT2D eigenvalue weighted by Gasteiger charge is -2.16. The Hall–Kier alpha value is 0.0500. The zero-order chi connectivity index (χ0) is 17.1. The number of unbranched alkanes of at least 4 members (excludes halogenated alkanes) is 5. The van der Waals surface area contributed by atoms with Crippen LogP contribution >= 0.6 is 7.26 Å². The second-order valence-electron chi connectivity index (χ2n) is 7.20. The Labute approximate surface area is 160 Å². The number of hydrogen-bond donors (Lipinski definition) is 0. The summed E-state index contributed by atoms with van der Waals surface area (Å²) in [5.74, 6) is 0. The normalized spacial score (nSPS) is 11.6. The van der Waals surface area contributed by atoms with Gasteiger partial charge in [-0.25, -0.2) is 0 Å². The molecule has 0 saturated heterocycles. The summed E-state index contributed by atoms with van der Waals surface area (Å²) < 4.78 is 10.4. The molecule has 0 atom stereocenters. The van der Waals surface area contributed by atoms with Crippen LogP contribution in [0.15, 0.2) is 24.3 Å². The molecule has 0 unspecified atom stereocenters. The van der Waals surface area contributed by atoms with Crippen molar-refractivity contribution >= 4 is 12.6 Å². The van der Waals surface area contributed by atoms with Crippen molar-refractivity contribution in [3.8, 4) is 0 Å². The van der Waals surface area contributed by atoms with Gasteiger partial charge in [-0.2, -0.15) is 0 Å². The number of hydrogen-bond acceptors (Lipinski definition) is 2. The second-order valence-corrected chi connectivity index (χ2v) is 11.7. The molecule has 1 aromatic carbocycles. The van der Waals surface area contributed by atoms with E-state index in [0.717, 1.165) is 6.42 Å². The highest BCUT2D eigenvalue weighted by Gasteiger charge is 2.23. The van der Waals surface area contributed by atoms with Crippen LogP contribution in [-0.2, 0) is 15.9 Å². The maximum atomic E-state index is 5.21. The molecule has 0 spiro atoms. The predicted molar refractivity (Wildman–Crippen MR) is 105 cm³/mol. The van der Waals surface area contributed by atoms with E-state index in [2.05, 4.69) is 44.3 Å². The molecule has 0 aliphatic rings. The van der Waals surface area contributed by atoms with Crippen LogP contribution in [0.1, 0.15) is 50.5 Å². The first-order valence-corrected chi connectivity index (χ1v) is 12.1. The van der Waals surface area contributed by atoms with E-state index in [4.69, 9.17) is 9.47 Å². The van der Waals surface area contributed by atoms with Crippen molar-refractivity contribution < 1.29 is 26.5 Å². The zero-order valence-electron chi connectivity index (χ0n) is 16.2. The van der Waals surface area contributed by atoms with Gasteiger partial charge < -0.3 is 26.5 Å². The quantitative estimate of drug-likeness (QED) is 0.294. The smallest absolute Gasteiger partial charge is 0.156 e. The van der Waals surface area contributed by atoms with E-state index < -0.39 is 7.26 Å². The number of halogens is 1. The van der Waals surface area contributed by atoms with Gasteiger partial charge in [0.05, 0.1) is 25.3 Å². The Morgan fingerprint density at radius 1 is 0.833 bits per heavy atom. The standard InChI is InChI=1S/C20H36O2P.BrH/c1-21-20(22-2)17-11-9-7-6-8-10-14-18-15-12-13-16-19(18)23(3,4)5;/h12-13,15-16,20H,6-11,14,17H2,1-5H3;1H/q+1;/p-1. The summed E-state index contributed by atoms with van der Waals surface area (Å²) in [6, 6.07) is 9.05. The molecule has 0 fully saturated rings. The van der Waals surface area contributed by atoms with Gasteiger partial charge in [-0.1, -0.05) is 43.9 Å². The van der Waals surface area contributed by atoms with Gasteiger partial charge in [-0.3, -0.25) is 0 Å². The molecule has 0 heterocycles. The first kappa shape index (κ1) is 24.1. The van der Waals surface area contributed by atoms with Crippen LogP contribution in [-0.4, -0.2) is 40.5 Å². The monoisotopic (exact) mass is 418 g/mol. The minimum atomic E-state index is -0.916. The average Bonchev–Trinajstić information content (AvgIpc) is 2.53. The Morgan fingerprint density at radius 2 is 1.38 bits per heavy atom. The summed E-state index contributed by atoms with van der Waals surface area (Å²) in [5.41, 5.74) is 1.58. The van der Waals surface area contributed by atoms with Gasteiger partial charge in [0.2, 0.25) is 0 Å². The average molecular weight is 419 g/mol. The van der Waals surface area contributed by atoms with Crippen LogP contribution in [0.4, 0.5) is 0 Å². The van der Waals surface area contributed by atoms with Gasteiger partial charge in [0, 0.05) is 21.5 Å². The molecule has 0 aliphatic heterocycles. The van der Waals surface area contributed by atoms with Gasteiger partial charge in [-0.05, 0) is 37.3 Å². The molecule has 0 saturated carbocycles. The van der Waals surface area contributed by atoms with Crippen LogP contribution in [0.5, 0.6) is 0 Å². The fourth-order valence-electron chi connectivity index (χ4n) is 3.04. The Kier molecular flexibility index (Phi) is 13.3. The predicted octanol–water partition coefficient (Wildman–Crippen LogP) is 2.11. The molecule has 24 heavy (non-hydrogen) atoms. The Balaban J connectivity index is 0.00000529. The van der Waals surface area contributed by atoms with E-state index in [1.165, 1.54) is 44.9 Å². The van der Waals surface area contributed by atoms with Crippen molar-refractivity contribution in [1.82, 2.24) is 0 Å². The highest BCUT2D eigenvalue weighted by Crippen LogP contribution is 2.46. The SMILES string of the molecule is COC(CCCCCCCCc1ccccc1[P+](C)(C)C)OC.[Br-]. The van der Waals surface area contributed by atoms with Gasteiger partial charge in [0.1, 0.15) is 0 Å². The maximum Gasteiger partial charge on any atom is 0.156 e. The molecule has 0 radical (unpaired) electrons. The summed E-state index contributed by atoms with van der Waals surface area (Å²) >= 11 is 0. The third-order valence-electron chi connectivity index (χ3n) is 4.38. The lowest BCUT2D eigenvalue weighted by molar-refractivity contribution is -0.107. The lowest BCUT2D eigenvalue weighted by atomic mass is 10.0. The molecule has 2 nitrogen and oxygen atoms in total. The molecule has 0 N–H and O–H groups in total. The minimum absolute atomic E-state index is 0. The van der Waals surface area contributed by atoms with Gasteiger partial charge >= 0.3 is 0 Å². The summed E-state index contributed by atoms with van der Waals surface area (Å²) in [5, 5.41) is 1.62. The van der Waals surface area contributed by atoms with Crippen molar-refractivity contribution in [2.24, 2.45) is 0 Å². The molecule has 0 aromatic heterocycles. The molecular weight excluding hydrogens is 383 g/mol. The maximum absolute atomic E-state index is 5.21. The molecule has 1 aromatic rings. The molecular formula is C20H36BrO2P. The van der Waals surface area contributed by atoms with Crippen molar-refractivity contribution in [3.05, 3.63) is 29.8 Å². The fourth-order valence-corrected chi connectivity index (χ4v) is 4.62. The first-order chi connectivity index (χ1) is 11.0. The molecule has 0 aliphatic carbocycles. The van der Waals surface area contributed by atoms with Crippen molar-refractivity contribution in [2.45, 2.75) is 57.7 Å². The number of rotatable bonds is 12. The molecule has 4 heteroatoms. The highest BCUT2D eigenvalue weighted by atomic mass is 79.9. The van der Waals surface area contributed by atoms with Gasteiger partial charge in [0.25, 0.3) is 0 Å². The lowest BCUT2D eigenvalue weighted by Crippen LogP contribution is -3.00. The number of methoxy groups -OCH3 is 2. The summed E-state index contributed by atoms with van der Waals surface area (Å²) in [7, 11) is 2.51. The van der Waals surface area contributed by atoms with Gasteiger partial charge in [0.15, 0.2) is 6.29 Å². The highest BCUT2D eigenvalue weighted by molar-refractivity contribution is 7.81. The Bertz CT molecular complexity index is 428. The molecule has 140 valence electrons. The van der Waals surface area contributed by atoms with Crippen molar-refractivity contribution in [2.75, 3.05) is 34.2 Å². The van der Waals surface area contributed by atoms with Crippen molar-refractivity contribution in [1.29, 1.82) is 0 Å². The topological polar surface area (TPSA) is 18.5 Å². The molecule has 0 amide bonds. The minimum Gasteiger partial charge on any atom is -1.00 e. The van der Waals surface area contributed by atoms with E-state index in [0.29, 0.717) is 0 Å². The van der Waals surface area contributed by atoms with E-state index in [1.807, 2.05) is 0 Å². The van der Waals surface area contributed by atoms with Crippen molar-refractivity contribution in [3.63, 3.8) is 0 Å². The van der Waals surface area contributed by atoms with E-state index in [-0.39, 0.29) is 23.3 Å². The number of aryl methyl sites for hydroxylation is 1. The van der Waals surface area contributed by atoms with Crippen LogP contribution in [0.2, 0.25) is 0 Å². The van der Waals surface area contributed by atoms with Crippen LogP contribution in [0, 0.1) is 0 Å². The summed E-state index contributed by atoms with van der Waals surface area (Å²) in [6.45, 7) is 7.25. The number of benzene rings is 1. The zero-order valence-corrected chi connectivity index (χ0v) is 18.7. The van der Waals surface area contributed by atoms with Crippen LogP contribution in [0.3, 0.4) is 0 Å². The van der Waals surface area contributed by atoms with E-state index in [1.54, 1.807) is 25.1 Å². The third kappa shape index (κ3) is 9.51. The van der Waals surface area contributed by atoms with Crippen LogP contribution < -0.4 is 22.3 Å². The number of ether oxygens (including phenoxy) is 2. The summed E-state index contributed by atoms with van der Waals surface area (Å²) in [6.07, 6.45) is 10.0. The van der Waals surface area contributed by atoms with Crippen LogP contribution in [0.25, 0.3) is 0 Å². The Morgan fingerprint density at radius 3 is 1.96 bits per heavy atom. The van der Waals surface area contributed by atoms with Gasteiger partial charge in [-0.15, -0.1) is 0 Å². The largest absolute Gasteiger partial charge is 1.00 e. The third-order valence-corrected chi connectivity index (χ3v) is 6.26. The second kappa shape index (κ2) is 13.3.